The first-order chi connectivity index (χ1) is 9.67. The molecule has 1 unspecified atom stereocenters. The molecule has 0 fully saturated rings. The Bertz CT molecular complexity index is 611. The third kappa shape index (κ3) is 7.04. The third-order valence-corrected chi connectivity index (χ3v) is 4.28. The van der Waals surface area contributed by atoms with E-state index < -0.39 is 27.9 Å². The number of carbonyl (C=O) groups is 2. The number of nitrogens with zero attached hydrogens (tertiary/aromatic N) is 1. The molecule has 0 aromatic carbocycles. The zero-order valence-corrected chi connectivity index (χ0v) is 13.3. The van der Waals surface area contributed by atoms with Gasteiger partial charge in [-0.1, -0.05) is 0 Å². The summed E-state index contributed by atoms with van der Waals surface area (Å²) in [5.41, 5.74) is 0.677. The summed E-state index contributed by atoms with van der Waals surface area (Å²) in [6, 6.07) is -1.93. The van der Waals surface area contributed by atoms with E-state index in [0.717, 1.165) is 11.3 Å². The van der Waals surface area contributed by atoms with Crippen LogP contribution in [0.15, 0.2) is 5.38 Å². The number of carbonyl (C=O) groups excluding carboxylic acids is 1. The fourth-order valence-electron chi connectivity index (χ4n) is 1.46. The van der Waals surface area contributed by atoms with Crippen LogP contribution in [0.3, 0.4) is 0 Å². The van der Waals surface area contributed by atoms with Crippen molar-refractivity contribution in [2.24, 2.45) is 0 Å². The van der Waals surface area contributed by atoms with Gasteiger partial charge in [-0.15, -0.1) is 11.3 Å². The number of carboxylic acid groups (broad SMARTS) is 1. The van der Waals surface area contributed by atoms with Crippen molar-refractivity contribution in [3.05, 3.63) is 16.1 Å². The van der Waals surface area contributed by atoms with E-state index >= 15 is 0 Å². The molecule has 8 nitrogen and oxygen atoms in total. The highest BCUT2D eigenvalue weighted by atomic mass is 32.2. The van der Waals surface area contributed by atoms with E-state index in [0.29, 0.717) is 5.69 Å². The minimum atomic E-state index is -3.28. The highest BCUT2D eigenvalue weighted by Gasteiger charge is 2.21. The van der Waals surface area contributed by atoms with E-state index in [-0.39, 0.29) is 18.7 Å². The minimum absolute atomic E-state index is 0.175. The molecule has 0 saturated carbocycles. The second-order valence-corrected chi connectivity index (χ2v) is 7.82. The second kappa shape index (κ2) is 7.36. The number of amides is 2. The highest BCUT2D eigenvalue weighted by Crippen LogP contribution is 2.07. The number of hydrogen-bond acceptors (Lipinski definition) is 6. The molecule has 3 N–H and O–H groups in total. The van der Waals surface area contributed by atoms with Crippen LogP contribution in [-0.4, -0.2) is 48.6 Å². The van der Waals surface area contributed by atoms with Gasteiger partial charge in [0.05, 0.1) is 23.0 Å². The highest BCUT2D eigenvalue weighted by molar-refractivity contribution is 7.90. The maximum absolute atomic E-state index is 11.6. The molecular formula is C11H17N3O5S2. The molecule has 2 amide bonds. The average molecular weight is 335 g/mol. The van der Waals surface area contributed by atoms with E-state index in [1.807, 2.05) is 6.92 Å². The van der Waals surface area contributed by atoms with Crippen molar-refractivity contribution in [2.75, 3.05) is 12.0 Å². The summed E-state index contributed by atoms with van der Waals surface area (Å²) in [5.74, 6) is -1.59. The van der Waals surface area contributed by atoms with Crippen LogP contribution in [0.25, 0.3) is 0 Å². The molecule has 21 heavy (non-hydrogen) atoms. The number of carboxylic acids is 1. The summed E-state index contributed by atoms with van der Waals surface area (Å²) < 4.78 is 22.1. The molecule has 1 heterocycles. The van der Waals surface area contributed by atoms with Crippen LogP contribution < -0.4 is 10.6 Å². The van der Waals surface area contributed by atoms with Crippen molar-refractivity contribution in [1.29, 1.82) is 0 Å². The van der Waals surface area contributed by atoms with Crippen molar-refractivity contribution >= 4 is 33.2 Å². The van der Waals surface area contributed by atoms with Gasteiger partial charge in [-0.05, 0) is 13.3 Å². The maximum atomic E-state index is 11.6. The van der Waals surface area contributed by atoms with E-state index in [1.165, 1.54) is 11.3 Å². The molecule has 1 atom stereocenters. The van der Waals surface area contributed by atoms with Gasteiger partial charge in [-0.3, -0.25) is 0 Å². The van der Waals surface area contributed by atoms with Crippen molar-refractivity contribution in [1.82, 2.24) is 15.6 Å². The van der Waals surface area contributed by atoms with Gasteiger partial charge in [-0.25, -0.2) is 23.0 Å². The second-order valence-electron chi connectivity index (χ2n) is 4.49. The van der Waals surface area contributed by atoms with Crippen LogP contribution in [0.2, 0.25) is 0 Å². The van der Waals surface area contributed by atoms with Gasteiger partial charge in [0.1, 0.15) is 15.9 Å². The van der Waals surface area contributed by atoms with Gasteiger partial charge >= 0.3 is 12.0 Å². The number of sulfone groups is 1. The standard InChI is InChI=1S/C11H17N3O5S2/c1-7-13-8(6-20-7)5-12-11(17)14-9(10(15)16)3-4-21(2,18)19/h6,9H,3-5H2,1-2H3,(H,15,16)(H2,12,14,17). The molecule has 1 rings (SSSR count). The number of aryl methyl sites for hydroxylation is 1. The van der Waals surface area contributed by atoms with Crippen molar-refractivity contribution in [3.63, 3.8) is 0 Å². The molecule has 0 aliphatic rings. The van der Waals surface area contributed by atoms with Crippen molar-refractivity contribution in [3.8, 4) is 0 Å². The van der Waals surface area contributed by atoms with Crippen LogP contribution >= 0.6 is 11.3 Å². The lowest BCUT2D eigenvalue weighted by molar-refractivity contribution is -0.139. The predicted octanol–water partition coefficient (Wildman–Crippen LogP) is 0.139. The van der Waals surface area contributed by atoms with Crippen molar-refractivity contribution < 1.29 is 23.1 Å². The lowest BCUT2D eigenvalue weighted by atomic mass is 10.2. The molecule has 0 spiro atoms. The fraction of sp³-hybridized carbons (Fsp3) is 0.545. The molecular weight excluding hydrogens is 318 g/mol. The Morgan fingerprint density at radius 1 is 1.48 bits per heavy atom. The summed E-state index contributed by atoms with van der Waals surface area (Å²) >= 11 is 1.44. The monoisotopic (exact) mass is 335 g/mol. The summed E-state index contributed by atoms with van der Waals surface area (Å²) in [6.07, 6.45) is 0.827. The SMILES string of the molecule is Cc1nc(CNC(=O)NC(CCS(C)(=O)=O)C(=O)O)cs1. The largest absolute Gasteiger partial charge is 0.480 e. The number of aliphatic carboxylic acids is 1. The Morgan fingerprint density at radius 3 is 2.62 bits per heavy atom. The summed E-state index contributed by atoms with van der Waals surface area (Å²) in [7, 11) is -3.28. The van der Waals surface area contributed by atoms with Crippen LogP contribution in [0.5, 0.6) is 0 Å². The van der Waals surface area contributed by atoms with Gasteiger partial charge in [0, 0.05) is 11.6 Å². The van der Waals surface area contributed by atoms with Crippen LogP contribution in [0.4, 0.5) is 4.79 Å². The van der Waals surface area contributed by atoms with Crippen molar-refractivity contribution in [2.45, 2.75) is 25.9 Å². The first kappa shape index (κ1) is 17.4. The van der Waals surface area contributed by atoms with Crippen LogP contribution in [-0.2, 0) is 21.2 Å². The van der Waals surface area contributed by atoms with Crippen LogP contribution in [0.1, 0.15) is 17.1 Å². The number of thiazole rings is 1. The Balaban J connectivity index is 2.47. The fourth-order valence-corrected chi connectivity index (χ4v) is 2.74. The topological polar surface area (TPSA) is 125 Å². The Hall–Kier alpha value is -1.68. The first-order valence-corrected chi connectivity index (χ1v) is 8.97. The maximum Gasteiger partial charge on any atom is 0.326 e. The molecule has 1 aromatic heterocycles. The number of nitrogens with one attached hydrogen (secondary N) is 2. The Morgan fingerprint density at radius 2 is 2.14 bits per heavy atom. The molecule has 0 aliphatic carbocycles. The molecule has 0 bridgehead atoms. The lowest BCUT2D eigenvalue weighted by Crippen LogP contribution is -2.46. The lowest BCUT2D eigenvalue weighted by Gasteiger charge is -2.14. The number of aromatic nitrogens is 1. The van der Waals surface area contributed by atoms with Gasteiger partial charge in [0.2, 0.25) is 0 Å². The normalized spacial score (nSPS) is 12.7. The predicted molar refractivity (Wildman–Crippen MR) is 78.0 cm³/mol. The van der Waals surface area contributed by atoms with Gasteiger partial charge in [0.15, 0.2) is 0 Å². The van der Waals surface area contributed by atoms with Gasteiger partial charge in [-0.2, -0.15) is 0 Å². The van der Waals surface area contributed by atoms with Gasteiger partial charge in [0.25, 0.3) is 0 Å². The molecule has 1 aromatic rings. The molecule has 0 saturated heterocycles. The summed E-state index contributed by atoms with van der Waals surface area (Å²) in [6.45, 7) is 2.01. The average Bonchev–Trinajstić information content (AvgIpc) is 2.76. The van der Waals surface area contributed by atoms with E-state index in [9.17, 15) is 18.0 Å². The van der Waals surface area contributed by atoms with E-state index in [1.54, 1.807) is 5.38 Å². The summed E-state index contributed by atoms with van der Waals surface area (Å²) in [5, 5.41) is 16.3. The molecule has 118 valence electrons. The number of urea groups is 1. The van der Waals surface area contributed by atoms with E-state index in [4.69, 9.17) is 5.11 Å². The quantitative estimate of drug-likeness (QED) is 0.651. The number of rotatable bonds is 7. The van der Waals surface area contributed by atoms with E-state index in [2.05, 4.69) is 15.6 Å². The Kier molecular flexibility index (Phi) is 6.09. The first-order valence-electron chi connectivity index (χ1n) is 6.03. The Labute approximate surface area is 126 Å². The molecule has 0 aliphatic heterocycles. The van der Waals surface area contributed by atoms with Crippen LogP contribution in [0, 0.1) is 6.92 Å². The molecule has 0 radical (unpaired) electrons. The molecule has 10 heteroatoms. The summed E-state index contributed by atoms with van der Waals surface area (Å²) in [4.78, 5) is 26.7. The van der Waals surface area contributed by atoms with Gasteiger partial charge < -0.3 is 15.7 Å². The third-order valence-electron chi connectivity index (χ3n) is 2.48. The minimum Gasteiger partial charge on any atom is -0.480 e. The number of hydrogen-bond donors (Lipinski definition) is 3. The smallest absolute Gasteiger partial charge is 0.326 e. The zero-order chi connectivity index (χ0) is 16.0. The zero-order valence-electron chi connectivity index (χ0n) is 11.6.